The average molecular weight is 249 g/mol. The highest BCUT2D eigenvalue weighted by Gasteiger charge is 2.26. The van der Waals surface area contributed by atoms with Crippen LogP contribution in [-0.2, 0) is 0 Å². The summed E-state index contributed by atoms with van der Waals surface area (Å²) in [5.41, 5.74) is 1.39. The third-order valence-electron chi connectivity index (χ3n) is 3.19. The molecule has 5 heteroatoms. The van der Waals surface area contributed by atoms with Crippen LogP contribution in [0.4, 0.5) is 5.69 Å². The Morgan fingerprint density at radius 3 is 3.00 bits per heavy atom. The first-order chi connectivity index (χ1) is 8.74. The summed E-state index contributed by atoms with van der Waals surface area (Å²) in [6.45, 7) is 4.33. The highest BCUT2D eigenvalue weighted by molar-refractivity contribution is 5.92. The molecule has 0 aliphatic carbocycles. The van der Waals surface area contributed by atoms with Crippen LogP contribution in [0.1, 0.15) is 23.8 Å². The monoisotopic (exact) mass is 249 g/mol. The summed E-state index contributed by atoms with van der Waals surface area (Å²) in [5.74, 6) is 0.170. The van der Waals surface area contributed by atoms with Gasteiger partial charge in [-0.2, -0.15) is 0 Å². The summed E-state index contributed by atoms with van der Waals surface area (Å²) in [5, 5.41) is 12.2. The molecule has 1 aromatic rings. The van der Waals surface area contributed by atoms with Crippen LogP contribution in [0, 0.1) is 5.92 Å². The minimum atomic E-state index is -0.0472. The van der Waals surface area contributed by atoms with Gasteiger partial charge >= 0.3 is 0 Å². The van der Waals surface area contributed by atoms with Crippen LogP contribution in [0.3, 0.4) is 0 Å². The molecule has 1 atom stereocenters. The Bertz CT molecular complexity index is 405. The normalized spacial score (nSPS) is 19.0. The molecule has 1 aliphatic heterocycles. The number of carbonyl (C=O) groups excluding carboxylic acids is 1. The number of nitrogens with one attached hydrogen (secondary N) is 1. The van der Waals surface area contributed by atoms with Crippen LogP contribution in [0.25, 0.3) is 0 Å². The number of carbonyl (C=O) groups is 1. The van der Waals surface area contributed by atoms with Crippen LogP contribution < -0.4 is 5.32 Å². The van der Waals surface area contributed by atoms with Gasteiger partial charge in [-0.25, -0.2) is 4.98 Å². The fraction of sp³-hybridized carbons (Fsp3) is 0.538. The van der Waals surface area contributed by atoms with Gasteiger partial charge in [0.2, 0.25) is 0 Å². The van der Waals surface area contributed by atoms with E-state index in [1.54, 1.807) is 17.2 Å². The van der Waals surface area contributed by atoms with Gasteiger partial charge in [-0.05, 0) is 25.5 Å². The van der Waals surface area contributed by atoms with Gasteiger partial charge in [0.1, 0.15) is 5.69 Å². The fourth-order valence-corrected chi connectivity index (χ4v) is 2.16. The number of hydrogen-bond donors (Lipinski definition) is 2. The van der Waals surface area contributed by atoms with E-state index in [4.69, 9.17) is 5.11 Å². The second kappa shape index (κ2) is 5.82. The minimum Gasteiger partial charge on any atom is -0.396 e. The summed E-state index contributed by atoms with van der Waals surface area (Å²) in [7, 11) is 0. The van der Waals surface area contributed by atoms with E-state index >= 15 is 0 Å². The van der Waals surface area contributed by atoms with Crippen molar-refractivity contribution in [1.29, 1.82) is 0 Å². The van der Waals surface area contributed by atoms with E-state index in [-0.39, 0.29) is 18.4 Å². The molecule has 0 aromatic carbocycles. The molecule has 2 rings (SSSR count). The number of anilines is 1. The molecule has 1 fully saturated rings. The molecule has 1 aromatic heterocycles. The first-order valence-electron chi connectivity index (χ1n) is 6.34. The van der Waals surface area contributed by atoms with E-state index in [1.165, 1.54) is 0 Å². The zero-order chi connectivity index (χ0) is 13.0. The predicted molar refractivity (Wildman–Crippen MR) is 69.5 cm³/mol. The number of aromatic nitrogens is 1. The molecule has 5 nitrogen and oxygen atoms in total. The standard InChI is InChI=1S/C13H19N3O2/c1-2-14-11-3-4-12(15-7-11)13(18)16-6-5-10(8-16)9-17/h3-4,7,10,14,17H,2,5-6,8-9H2,1H3. The molecule has 1 saturated heterocycles. The van der Waals surface area contributed by atoms with Crippen LogP contribution in [0.5, 0.6) is 0 Å². The lowest BCUT2D eigenvalue weighted by molar-refractivity contribution is 0.0776. The van der Waals surface area contributed by atoms with Crippen LogP contribution >= 0.6 is 0 Å². The summed E-state index contributed by atoms with van der Waals surface area (Å²) in [4.78, 5) is 18.1. The molecule has 1 amide bonds. The Hall–Kier alpha value is -1.62. The predicted octanol–water partition coefficient (Wildman–Crippen LogP) is 0.968. The molecule has 2 heterocycles. The number of hydrogen-bond acceptors (Lipinski definition) is 4. The fourth-order valence-electron chi connectivity index (χ4n) is 2.16. The lowest BCUT2D eigenvalue weighted by atomic mass is 10.1. The molecular formula is C13H19N3O2. The van der Waals surface area contributed by atoms with Gasteiger partial charge in [-0.15, -0.1) is 0 Å². The molecule has 18 heavy (non-hydrogen) atoms. The molecule has 0 bridgehead atoms. The van der Waals surface area contributed by atoms with E-state index < -0.39 is 0 Å². The second-order valence-electron chi connectivity index (χ2n) is 4.55. The maximum Gasteiger partial charge on any atom is 0.272 e. The molecule has 0 saturated carbocycles. The number of aliphatic hydroxyl groups is 1. The van der Waals surface area contributed by atoms with E-state index in [2.05, 4.69) is 10.3 Å². The van der Waals surface area contributed by atoms with Gasteiger partial charge in [0.25, 0.3) is 5.91 Å². The van der Waals surface area contributed by atoms with Crippen molar-refractivity contribution in [3.05, 3.63) is 24.0 Å². The summed E-state index contributed by atoms with van der Waals surface area (Å²) < 4.78 is 0. The van der Waals surface area contributed by atoms with E-state index in [9.17, 15) is 4.79 Å². The van der Waals surface area contributed by atoms with Crippen molar-refractivity contribution in [3.63, 3.8) is 0 Å². The van der Waals surface area contributed by atoms with Crippen molar-refractivity contribution < 1.29 is 9.90 Å². The minimum absolute atomic E-state index is 0.0472. The number of pyridine rings is 1. The number of rotatable bonds is 4. The van der Waals surface area contributed by atoms with Crippen molar-refractivity contribution in [2.45, 2.75) is 13.3 Å². The Morgan fingerprint density at radius 1 is 1.61 bits per heavy atom. The maximum atomic E-state index is 12.1. The van der Waals surface area contributed by atoms with Gasteiger partial charge in [0, 0.05) is 32.2 Å². The zero-order valence-electron chi connectivity index (χ0n) is 10.6. The number of nitrogens with zero attached hydrogens (tertiary/aromatic N) is 2. The van der Waals surface area contributed by atoms with Crippen molar-refractivity contribution in [1.82, 2.24) is 9.88 Å². The maximum absolute atomic E-state index is 12.1. The zero-order valence-corrected chi connectivity index (χ0v) is 10.6. The van der Waals surface area contributed by atoms with Crippen LogP contribution in [0.15, 0.2) is 18.3 Å². The molecule has 98 valence electrons. The average Bonchev–Trinajstić information content (AvgIpc) is 2.88. The third kappa shape index (κ3) is 2.79. The summed E-state index contributed by atoms with van der Waals surface area (Å²) >= 11 is 0. The SMILES string of the molecule is CCNc1ccc(C(=O)N2CCC(CO)C2)nc1. The van der Waals surface area contributed by atoms with Crippen LogP contribution in [-0.4, -0.2) is 47.1 Å². The Morgan fingerprint density at radius 2 is 2.44 bits per heavy atom. The topological polar surface area (TPSA) is 65.5 Å². The largest absolute Gasteiger partial charge is 0.396 e. The Kier molecular flexibility index (Phi) is 4.15. The van der Waals surface area contributed by atoms with Gasteiger partial charge in [-0.3, -0.25) is 4.79 Å². The van der Waals surface area contributed by atoms with Gasteiger partial charge < -0.3 is 15.3 Å². The van der Waals surface area contributed by atoms with E-state index in [1.807, 2.05) is 13.0 Å². The van der Waals surface area contributed by atoms with Gasteiger partial charge in [0.05, 0.1) is 11.9 Å². The lowest BCUT2D eigenvalue weighted by Crippen LogP contribution is -2.29. The second-order valence-corrected chi connectivity index (χ2v) is 4.55. The van der Waals surface area contributed by atoms with Crippen molar-refractivity contribution in [3.8, 4) is 0 Å². The van der Waals surface area contributed by atoms with Crippen molar-refractivity contribution >= 4 is 11.6 Å². The quantitative estimate of drug-likeness (QED) is 0.834. The first kappa shape index (κ1) is 12.8. The molecule has 0 spiro atoms. The molecule has 2 N–H and O–H groups in total. The lowest BCUT2D eigenvalue weighted by Gasteiger charge is -2.15. The van der Waals surface area contributed by atoms with Crippen molar-refractivity contribution in [2.75, 3.05) is 31.6 Å². The van der Waals surface area contributed by atoms with Gasteiger partial charge in [-0.1, -0.05) is 0 Å². The number of aliphatic hydroxyl groups excluding tert-OH is 1. The van der Waals surface area contributed by atoms with E-state index in [0.717, 1.165) is 18.7 Å². The highest BCUT2D eigenvalue weighted by Crippen LogP contribution is 2.18. The molecular weight excluding hydrogens is 230 g/mol. The Labute approximate surface area is 107 Å². The number of amides is 1. The van der Waals surface area contributed by atoms with Gasteiger partial charge in [0.15, 0.2) is 0 Å². The Balaban J connectivity index is 2.00. The highest BCUT2D eigenvalue weighted by atomic mass is 16.3. The van der Waals surface area contributed by atoms with E-state index in [0.29, 0.717) is 18.8 Å². The third-order valence-corrected chi connectivity index (χ3v) is 3.19. The molecule has 1 aliphatic rings. The summed E-state index contributed by atoms with van der Waals surface area (Å²) in [6, 6.07) is 3.61. The number of likely N-dealkylation sites (tertiary alicyclic amines) is 1. The van der Waals surface area contributed by atoms with Crippen LogP contribution in [0.2, 0.25) is 0 Å². The molecule has 1 unspecified atom stereocenters. The van der Waals surface area contributed by atoms with Crippen molar-refractivity contribution in [2.24, 2.45) is 5.92 Å². The molecule has 0 radical (unpaired) electrons. The summed E-state index contributed by atoms with van der Waals surface area (Å²) in [6.07, 6.45) is 2.55. The first-order valence-corrected chi connectivity index (χ1v) is 6.34. The smallest absolute Gasteiger partial charge is 0.272 e.